The van der Waals surface area contributed by atoms with Crippen molar-refractivity contribution >= 4 is 42.0 Å². The first-order valence-corrected chi connectivity index (χ1v) is 12.7. The van der Waals surface area contributed by atoms with Crippen LogP contribution in [0.5, 0.6) is 5.75 Å². The molecule has 10 heteroatoms. The van der Waals surface area contributed by atoms with Gasteiger partial charge in [-0.25, -0.2) is 0 Å². The van der Waals surface area contributed by atoms with E-state index in [1.165, 1.54) is 12.1 Å². The summed E-state index contributed by atoms with van der Waals surface area (Å²) >= 11 is 6.88. The van der Waals surface area contributed by atoms with Crippen LogP contribution < -0.4 is 4.74 Å². The zero-order chi connectivity index (χ0) is 22.5. The highest BCUT2D eigenvalue weighted by Gasteiger charge is 2.14. The number of benzene rings is 2. The number of rotatable bonds is 15. The second-order valence-electron chi connectivity index (χ2n) is 6.33. The molecule has 31 heavy (non-hydrogen) atoms. The van der Waals surface area contributed by atoms with E-state index < -0.39 is 10.1 Å². The van der Waals surface area contributed by atoms with Crippen LogP contribution in [0.15, 0.2) is 56.3 Å². The standard InChI is InChI=1S/C21H26Br2O7S/c1-17-5-7-18(8-6-17)31(24,25)30-16-14-28-12-10-26-9-11-27-13-15-29-21-19(22)3-2-4-20(21)23/h2-8H,9-16H2,1H3. The van der Waals surface area contributed by atoms with E-state index in [1.807, 2.05) is 25.1 Å². The molecule has 0 spiro atoms. The summed E-state index contributed by atoms with van der Waals surface area (Å²) in [6, 6.07) is 12.2. The van der Waals surface area contributed by atoms with Crippen molar-refractivity contribution in [1.29, 1.82) is 0 Å². The Labute approximate surface area is 200 Å². The topological polar surface area (TPSA) is 80.3 Å². The van der Waals surface area contributed by atoms with Gasteiger partial charge in [-0.15, -0.1) is 0 Å². The zero-order valence-electron chi connectivity index (χ0n) is 17.2. The van der Waals surface area contributed by atoms with E-state index in [4.69, 9.17) is 23.1 Å². The van der Waals surface area contributed by atoms with Crippen molar-refractivity contribution in [3.8, 4) is 5.75 Å². The maximum atomic E-state index is 12.0. The van der Waals surface area contributed by atoms with E-state index in [9.17, 15) is 8.42 Å². The molecule has 0 amide bonds. The van der Waals surface area contributed by atoms with Gasteiger partial charge in [-0.05, 0) is 63.0 Å². The molecule has 2 aromatic carbocycles. The number of ether oxygens (including phenoxy) is 4. The predicted molar refractivity (Wildman–Crippen MR) is 124 cm³/mol. The Morgan fingerprint density at radius 1 is 0.710 bits per heavy atom. The number of para-hydroxylation sites is 1. The van der Waals surface area contributed by atoms with Crippen LogP contribution in [0.3, 0.4) is 0 Å². The Morgan fingerprint density at radius 3 is 1.74 bits per heavy atom. The number of halogens is 2. The fourth-order valence-electron chi connectivity index (χ4n) is 2.34. The lowest BCUT2D eigenvalue weighted by Crippen LogP contribution is -2.15. The molecular formula is C21H26Br2O7S. The maximum absolute atomic E-state index is 12.0. The van der Waals surface area contributed by atoms with E-state index in [2.05, 4.69) is 31.9 Å². The van der Waals surface area contributed by atoms with E-state index >= 15 is 0 Å². The van der Waals surface area contributed by atoms with Crippen molar-refractivity contribution in [2.45, 2.75) is 11.8 Å². The highest BCUT2D eigenvalue weighted by molar-refractivity contribution is 9.11. The van der Waals surface area contributed by atoms with Gasteiger partial charge in [-0.2, -0.15) is 8.42 Å². The van der Waals surface area contributed by atoms with Crippen molar-refractivity contribution < 1.29 is 31.5 Å². The van der Waals surface area contributed by atoms with Gasteiger partial charge in [0.15, 0.2) is 0 Å². The van der Waals surface area contributed by atoms with E-state index in [-0.39, 0.29) is 18.1 Å². The van der Waals surface area contributed by atoms with Crippen molar-refractivity contribution in [3.05, 3.63) is 57.0 Å². The van der Waals surface area contributed by atoms with Crippen LogP contribution in [0.1, 0.15) is 5.56 Å². The van der Waals surface area contributed by atoms with Crippen molar-refractivity contribution in [3.63, 3.8) is 0 Å². The first kappa shape index (κ1) is 26.2. The van der Waals surface area contributed by atoms with Gasteiger partial charge in [0.25, 0.3) is 10.1 Å². The maximum Gasteiger partial charge on any atom is 0.297 e. The summed E-state index contributed by atoms with van der Waals surface area (Å²) in [5, 5.41) is 0. The molecule has 0 aromatic heterocycles. The molecule has 172 valence electrons. The van der Waals surface area contributed by atoms with E-state index in [0.29, 0.717) is 39.6 Å². The van der Waals surface area contributed by atoms with Crippen molar-refractivity contribution in [2.24, 2.45) is 0 Å². The molecule has 0 atom stereocenters. The normalized spacial score (nSPS) is 11.6. The second kappa shape index (κ2) is 14.2. The third kappa shape index (κ3) is 9.98. The molecule has 0 radical (unpaired) electrons. The molecule has 2 rings (SSSR count). The lowest BCUT2D eigenvalue weighted by atomic mass is 10.2. The third-order valence-electron chi connectivity index (χ3n) is 3.91. The monoisotopic (exact) mass is 580 g/mol. The van der Waals surface area contributed by atoms with Crippen LogP contribution in [0, 0.1) is 6.92 Å². The van der Waals surface area contributed by atoms with Gasteiger partial charge in [0, 0.05) is 0 Å². The molecule has 0 saturated carbocycles. The first-order valence-electron chi connectivity index (χ1n) is 9.66. The largest absolute Gasteiger partial charge is 0.489 e. The molecular weight excluding hydrogens is 556 g/mol. The van der Waals surface area contributed by atoms with Gasteiger partial charge in [-0.1, -0.05) is 23.8 Å². The summed E-state index contributed by atoms with van der Waals surface area (Å²) in [5.41, 5.74) is 0.981. The van der Waals surface area contributed by atoms with E-state index in [0.717, 1.165) is 20.3 Å². The van der Waals surface area contributed by atoms with Gasteiger partial charge < -0.3 is 18.9 Å². The average Bonchev–Trinajstić information content (AvgIpc) is 2.73. The van der Waals surface area contributed by atoms with Crippen LogP contribution in [-0.2, 0) is 28.5 Å². The summed E-state index contributed by atoms with van der Waals surface area (Å²) in [6.45, 7) is 4.47. The number of hydrogen-bond acceptors (Lipinski definition) is 7. The summed E-state index contributed by atoms with van der Waals surface area (Å²) in [4.78, 5) is 0.135. The Kier molecular flexibility index (Phi) is 12.0. The molecule has 7 nitrogen and oxygen atoms in total. The highest BCUT2D eigenvalue weighted by Crippen LogP contribution is 2.32. The molecule has 0 aliphatic carbocycles. The predicted octanol–water partition coefficient (Wildman–Crippen LogP) is 4.35. The molecule has 0 fully saturated rings. The SMILES string of the molecule is Cc1ccc(S(=O)(=O)OCCOCCOCCOCCOc2c(Br)cccc2Br)cc1. The average molecular weight is 582 g/mol. The van der Waals surface area contributed by atoms with Gasteiger partial charge in [-0.3, -0.25) is 4.18 Å². The third-order valence-corrected chi connectivity index (χ3v) is 6.49. The molecule has 0 unspecified atom stereocenters. The minimum Gasteiger partial charge on any atom is -0.489 e. The van der Waals surface area contributed by atoms with Gasteiger partial charge in [0.05, 0.1) is 60.1 Å². The van der Waals surface area contributed by atoms with Crippen molar-refractivity contribution in [2.75, 3.05) is 52.9 Å². The minimum atomic E-state index is -3.76. The van der Waals surface area contributed by atoms with Crippen LogP contribution in [0.25, 0.3) is 0 Å². The van der Waals surface area contributed by atoms with E-state index in [1.54, 1.807) is 12.1 Å². The van der Waals surface area contributed by atoms with Crippen LogP contribution in [0.4, 0.5) is 0 Å². The molecule has 0 heterocycles. The molecule has 0 saturated heterocycles. The zero-order valence-corrected chi connectivity index (χ0v) is 21.2. The van der Waals surface area contributed by atoms with Gasteiger partial charge >= 0.3 is 0 Å². The summed E-state index contributed by atoms with van der Waals surface area (Å²) < 4.78 is 52.6. The molecule has 0 bridgehead atoms. The Hall–Kier alpha value is -1.01. The molecule has 0 aliphatic rings. The second-order valence-corrected chi connectivity index (χ2v) is 9.65. The Morgan fingerprint density at radius 2 is 1.19 bits per heavy atom. The number of aryl methyl sites for hydroxylation is 1. The fourth-order valence-corrected chi connectivity index (χ4v) is 4.46. The summed E-state index contributed by atoms with van der Waals surface area (Å²) in [5.74, 6) is 0.746. The van der Waals surface area contributed by atoms with Crippen LogP contribution >= 0.6 is 31.9 Å². The van der Waals surface area contributed by atoms with Crippen molar-refractivity contribution in [1.82, 2.24) is 0 Å². The van der Waals surface area contributed by atoms with Gasteiger partial charge in [0.1, 0.15) is 12.4 Å². The number of hydrogen-bond donors (Lipinski definition) is 0. The van der Waals surface area contributed by atoms with Crippen LogP contribution in [0.2, 0.25) is 0 Å². The molecule has 0 N–H and O–H groups in total. The smallest absolute Gasteiger partial charge is 0.297 e. The Bertz CT molecular complexity index is 869. The summed E-state index contributed by atoms with van der Waals surface area (Å²) in [7, 11) is -3.76. The fraction of sp³-hybridized carbons (Fsp3) is 0.429. The lowest BCUT2D eigenvalue weighted by molar-refractivity contribution is 0.00522. The Balaban J connectivity index is 1.42. The lowest BCUT2D eigenvalue weighted by Gasteiger charge is -2.10. The molecule has 0 aliphatic heterocycles. The van der Waals surface area contributed by atoms with Crippen LogP contribution in [-0.4, -0.2) is 61.3 Å². The van der Waals surface area contributed by atoms with Gasteiger partial charge in [0.2, 0.25) is 0 Å². The molecule has 2 aromatic rings. The quantitative estimate of drug-likeness (QED) is 0.228. The first-order chi connectivity index (χ1) is 14.9. The highest BCUT2D eigenvalue weighted by atomic mass is 79.9. The summed E-state index contributed by atoms with van der Waals surface area (Å²) in [6.07, 6.45) is 0. The minimum absolute atomic E-state index is 0.0486.